The van der Waals surface area contributed by atoms with E-state index in [-0.39, 0.29) is 0 Å². The van der Waals surface area contributed by atoms with Crippen LogP contribution in [-0.4, -0.2) is 25.3 Å². The predicted molar refractivity (Wildman–Crippen MR) is 67.6 cm³/mol. The second-order valence-corrected chi connectivity index (χ2v) is 6.13. The minimum atomic E-state index is 0.334. The molecule has 1 atom stereocenters. The molecule has 1 aliphatic heterocycles. The fraction of sp³-hybridized carbons (Fsp3) is 1.00. The van der Waals surface area contributed by atoms with Crippen LogP contribution in [-0.2, 0) is 4.74 Å². The average Bonchev–Trinajstić information content (AvgIpc) is 2.22. The molecule has 0 aromatic heterocycles. The summed E-state index contributed by atoms with van der Waals surface area (Å²) >= 11 is 0. The van der Waals surface area contributed by atoms with Crippen molar-refractivity contribution in [1.82, 2.24) is 5.32 Å². The van der Waals surface area contributed by atoms with Crippen molar-refractivity contribution in [1.29, 1.82) is 0 Å². The molecule has 0 amide bonds. The normalized spacial score (nSPS) is 28.3. The van der Waals surface area contributed by atoms with Crippen LogP contribution >= 0.6 is 0 Å². The molecule has 0 radical (unpaired) electrons. The van der Waals surface area contributed by atoms with Crippen LogP contribution in [0.25, 0.3) is 0 Å². The molecule has 2 rings (SSSR count). The highest BCUT2D eigenvalue weighted by Crippen LogP contribution is 2.44. The van der Waals surface area contributed by atoms with Crippen LogP contribution in [0.4, 0.5) is 0 Å². The Labute approximate surface area is 100 Å². The van der Waals surface area contributed by atoms with Gasteiger partial charge in [0.2, 0.25) is 0 Å². The Morgan fingerprint density at radius 3 is 2.81 bits per heavy atom. The van der Waals surface area contributed by atoms with Crippen LogP contribution < -0.4 is 5.32 Å². The van der Waals surface area contributed by atoms with E-state index < -0.39 is 0 Å². The number of nitrogens with one attached hydrogen (secondary N) is 1. The zero-order valence-corrected chi connectivity index (χ0v) is 10.9. The third-order valence-corrected chi connectivity index (χ3v) is 4.14. The minimum Gasteiger partial charge on any atom is -0.375 e. The third-order valence-electron chi connectivity index (χ3n) is 4.14. The Morgan fingerprint density at radius 1 is 1.38 bits per heavy atom. The van der Waals surface area contributed by atoms with Crippen molar-refractivity contribution in [3.63, 3.8) is 0 Å². The third kappa shape index (κ3) is 3.21. The van der Waals surface area contributed by atoms with Crippen molar-refractivity contribution >= 4 is 0 Å². The summed E-state index contributed by atoms with van der Waals surface area (Å²) in [7, 11) is 0. The first-order valence-corrected chi connectivity index (χ1v) is 7.05. The molecule has 2 fully saturated rings. The van der Waals surface area contributed by atoms with Crippen molar-refractivity contribution in [2.24, 2.45) is 11.8 Å². The van der Waals surface area contributed by atoms with Crippen LogP contribution in [0.2, 0.25) is 0 Å². The monoisotopic (exact) mass is 225 g/mol. The lowest BCUT2D eigenvalue weighted by Gasteiger charge is -2.47. The Morgan fingerprint density at radius 2 is 2.19 bits per heavy atom. The number of rotatable bonds is 5. The highest BCUT2D eigenvalue weighted by Gasteiger charge is 2.42. The van der Waals surface area contributed by atoms with E-state index in [0.717, 1.165) is 25.0 Å². The lowest BCUT2D eigenvalue weighted by Crippen LogP contribution is -2.45. The first-order valence-electron chi connectivity index (χ1n) is 7.05. The van der Waals surface area contributed by atoms with Gasteiger partial charge < -0.3 is 10.1 Å². The van der Waals surface area contributed by atoms with Gasteiger partial charge in [-0.25, -0.2) is 0 Å². The Kier molecular flexibility index (Phi) is 4.26. The van der Waals surface area contributed by atoms with Crippen molar-refractivity contribution < 1.29 is 4.74 Å². The van der Waals surface area contributed by atoms with Crippen LogP contribution in [0, 0.1) is 11.8 Å². The van der Waals surface area contributed by atoms with E-state index in [9.17, 15) is 0 Å². The first kappa shape index (κ1) is 12.4. The fourth-order valence-corrected chi connectivity index (χ4v) is 2.99. The molecule has 1 saturated carbocycles. The summed E-state index contributed by atoms with van der Waals surface area (Å²) in [5.41, 5.74) is 0.334. The molecule has 2 aliphatic rings. The zero-order chi connectivity index (χ0) is 11.4. The lowest BCUT2D eigenvalue weighted by atomic mass is 9.71. The van der Waals surface area contributed by atoms with Gasteiger partial charge in [-0.2, -0.15) is 0 Å². The molecule has 2 heteroatoms. The summed E-state index contributed by atoms with van der Waals surface area (Å²) < 4.78 is 5.96. The van der Waals surface area contributed by atoms with Crippen LogP contribution in [0.1, 0.15) is 52.4 Å². The second kappa shape index (κ2) is 5.50. The molecule has 0 aromatic carbocycles. The Hall–Kier alpha value is -0.0800. The molecule has 0 bridgehead atoms. The fourth-order valence-electron chi connectivity index (χ4n) is 2.99. The van der Waals surface area contributed by atoms with Gasteiger partial charge in [-0.15, -0.1) is 0 Å². The quantitative estimate of drug-likeness (QED) is 0.726. The minimum absolute atomic E-state index is 0.334. The Bertz CT molecular complexity index is 211. The van der Waals surface area contributed by atoms with E-state index in [1.807, 2.05) is 0 Å². The zero-order valence-electron chi connectivity index (χ0n) is 10.9. The molecule has 1 unspecified atom stereocenters. The summed E-state index contributed by atoms with van der Waals surface area (Å²) in [6.07, 6.45) is 7.99. The largest absolute Gasteiger partial charge is 0.375 e. The SMILES string of the molecule is CC(C)CNCCC1CCOC2(CCC2)C1. The molecule has 16 heavy (non-hydrogen) atoms. The summed E-state index contributed by atoms with van der Waals surface area (Å²) in [5.74, 6) is 1.68. The summed E-state index contributed by atoms with van der Waals surface area (Å²) in [4.78, 5) is 0. The van der Waals surface area contributed by atoms with Crippen molar-refractivity contribution in [2.75, 3.05) is 19.7 Å². The van der Waals surface area contributed by atoms with Gasteiger partial charge in [-0.1, -0.05) is 13.8 Å². The van der Waals surface area contributed by atoms with Crippen molar-refractivity contribution in [3.05, 3.63) is 0 Å². The van der Waals surface area contributed by atoms with Crippen LogP contribution in [0.3, 0.4) is 0 Å². The molecular formula is C14H27NO. The number of hydrogen-bond donors (Lipinski definition) is 1. The second-order valence-electron chi connectivity index (χ2n) is 6.13. The van der Waals surface area contributed by atoms with E-state index in [1.54, 1.807) is 0 Å². The van der Waals surface area contributed by atoms with Gasteiger partial charge in [0.1, 0.15) is 0 Å². The topological polar surface area (TPSA) is 21.3 Å². The van der Waals surface area contributed by atoms with Gasteiger partial charge in [0.05, 0.1) is 5.60 Å². The van der Waals surface area contributed by atoms with Gasteiger partial charge in [0.15, 0.2) is 0 Å². The molecule has 1 saturated heterocycles. The molecule has 0 aromatic rings. The van der Waals surface area contributed by atoms with Gasteiger partial charge in [0, 0.05) is 6.61 Å². The van der Waals surface area contributed by atoms with E-state index in [1.165, 1.54) is 45.1 Å². The molecule has 1 N–H and O–H groups in total. The van der Waals surface area contributed by atoms with Crippen LogP contribution in [0.15, 0.2) is 0 Å². The maximum Gasteiger partial charge on any atom is 0.0685 e. The standard InChI is InChI=1S/C14H27NO/c1-12(2)11-15-8-4-13-5-9-16-14(10-13)6-3-7-14/h12-13,15H,3-11H2,1-2H3. The predicted octanol–water partition coefficient (Wildman–Crippen LogP) is 2.97. The van der Waals surface area contributed by atoms with Gasteiger partial charge in [-0.3, -0.25) is 0 Å². The molecule has 1 heterocycles. The summed E-state index contributed by atoms with van der Waals surface area (Å²) in [6.45, 7) is 7.90. The summed E-state index contributed by atoms with van der Waals surface area (Å²) in [6, 6.07) is 0. The van der Waals surface area contributed by atoms with E-state index in [4.69, 9.17) is 4.74 Å². The molecule has 1 aliphatic carbocycles. The molecular weight excluding hydrogens is 198 g/mol. The van der Waals surface area contributed by atoms with Crippen LogP contribution in [0.5, 0.6) is 0 Å². The lowest BCUT2D eigenvalue weighted by molar-refractivity contribution is -0.143. The smallest absolute Gasteiger partial charge is 0.0685 e. The highest BCUT2D eigenvalue weighted by molar-refractivity contribution is 4.93. The Balaban J connectivity index is 1.62. The maximum atomic E-state index is 5.96. The molecule has 1 spiro atoms. The number of hydrogen-bond acceptors (Lipinski definition) is 2. The van der Waals surface area contributed by atoms with Crippen molar-refractivity contribution in [3.8, 4) is 0 Å². The summed E-state index contributed by atoms with van der Waals surface area (Å²) in [5, 5.41) is 3.55. The van der Waals surface area contributed by atoms with Gasteiger partial charge >= 0.3 is 0 Å². The molecule has 94 valence electrons. The average molecular weight is 225 g/mol. The van der Waals surface area contributed by atoms with Crippen molar-refractivity contribution in [2.45, 2.75) is 58.0 Å². The molecule has 2 nitrogen and oxygen atoms in total. The van der Waals surface area contributed by atoms with Gasteiger partial charge in [-0.05, 0) is 63.5 Å². The van der Waals surface area contributed by atoms with E-state index >= 15 is 0 Å². The maximum absolute atomic E-state index is 5.96. The highest BCUT2D eigenvalue weighted by atomic mass is 16.5. The van der Waals surface area contributed by atoms with Gasteiger partial charge in [0.25, 0.3) is 0 Å². The van der Waals surface area contributed by atoms with E-state index in [2.05, 4.69) is 19.2 Å². The first-order chi connectivity index (χ1) is 7.70. The van der Waals surface area contributed by atoms with E-state index in [0.29, 0.717) is 5.60 Å². The number of ether oxygens (including phenoxy) is 1.